The van der Waals surface area contributed by atoms with Crippen LogP contribution < -0.4 is 0 Å². The van der Waals surface area contributed by atoms with Crippen LogP contribution >= 0.6 is 0 Å². The molecule has 0 amide bonds. The van der Waals surface area contributed by atoms with Gasteiger partial charge < -0.3 is 4.90 Å². The zero-order valence-electron chi connectivity index (χ0n) is 12.9. The monoisotopic (exact) mass is 239 g/mol. The van der Waals surface area contributed by atoms with Gasteiger partial charge in [-0.3, -0.25) is 0 Å². The van der Waals surface area contributed by atoms with Gasteiger partial charge in [-0.15, -0.1) is 0 Å². The van der Waals surface area contributed by atoms with Crippen molar-refractivity contribution >= 4 is 0 Å². The smallest absolute Gasteiger partial charge is 0.00438 e. The first-order chi connectivity index (χ1) is 7.91. The van der Waals surface area contributed by atoms with Crippen LogP contribution in [-0.4, -0.2) is 24.0 Å². The molecule has 0 aromatic heterocycles. The molecule has 0 aromatic carbocycles. The minimum atomic E-state index is 0.762. The quantitative estimate of drug-likeness (QED) is 0.697. The first kappa shape index (κ1) is 15.0. The van der Waals surface area contributed by atoms with E-state index in [0.29, 0.717) is 0 Å². The maximum Gasteiger partial charge on any atom is 0.00438 e. The highest BCUT2D eigenvalue weighted by atomic mass is 15.2. The molecule has 1 saturated carbocycles. The Morgan fingerprint density at radius 3 is 1.94 bits per heavy atom. The van der Waals surface area contributed by atoms with Gasteiger partial charge in [0.2, 0.25) is 0 Å². The first-order valence-corrected chi connectivity index (χ1v) is 7.65. The van der Waals surface area contributed by atoms with Crippen molar-refractivity contribution in [3.8, 4) is 0 Å². The highest BCUT2D eigenvalue weighted by molar-refractivity contribution is 5.04. The lowest BCUT2D eigenvalue weighted by atomic mass is 9.95. The summed E-state index contributed by atoms with van der Waals surface area (Å²) < 4.78 is 0. The van der Waals surface area contributed by atoms with Gasteiger partial charge >= 0.3 is 0 Å². The van der Waals surface area contributed by atoms with Gasteiger partial charge in [0.15, 0.2) is 0 Å². The summed E-state index contributed by atoms with van der Waals surface area (Å²) in [6.45, 7) is 16.5. The lowest BCUT2D eigenvalue weighted by Gasteiger charge is -2.19. The van der Waals surface area contributed by atoms with Crippen LogP contribution in [0.4, 0.5) is 0 Å². The van der Waals surface area contributed by atoms with Gasteiger partial charge in [0.1, 0.15) is 0 Å². The minimum Gasteiger partial charge on any atom is -0.300 e. The number of likely N-dealkylation sites (tertiary alicyclic amines) is 1. The fourth-order valence-corrected chi connectivity index (χ4v) is 2.95. The molecule has 2 fully saturated rings. The van der Waals surface area contributed by atoms with Crippen LogP contribution in [0.25, 0.3) is 0 Å². The molecule has 1 unspecified atom stereocenters. The molecule has 1 heterocycles. The summed E-state index contributed by atoms with van der Waals surface area (Å²) in [5.41, 5.74) is 0.782. The van der Waals surface area contributed by atoms with Gasteiger partial charge in [-0.05, 0) is 43.9 Å². The van der Waals surface area contributed by atoms with Crippen molar-refractivity contribution in [1.29, 1.82) is 0 Å². The van der Waals surface area contributed by atoms with Gasteiger partial charge in [0, 0.05) is 19.1 Å². The van der Waals surface area contributed by atoms with Crippen LogP contribution in [0.2, 0.25) is 0 Å². The Bertz CT molecular complexity index is 216. The first-order valence-electron chi connectivity index (χ1n) is 7.65. The maximum atomic E-state index is 2.64. The lowest BCUT2D eigenvalue weighted by Crippen LogP contribution is -2.28. The topological polar surface area (TPSA) is 3.24 Å². The molecule has 1 aliphatic heterocycles. The van der Waals surface area contributed by atoms with Crippen molar-refractivity contribution in [2.45, 2.75) is 73.3 Å². The molecule has 0 radical (unpaired) electrons. The Morgan fingerprint density at radius 1 is 1.18 bits per heavy atom. The Labute approximate surface area is 109 Å². The standard InChI is InChI=1S/C10H19N.C6H14/c1-8(2)11-6-9(3)10(7-11)4-5-10;1-4-5-6(2)3/h8-9H,4-7H2,1-3H3;6H,4-5H2,1-3H3. The van der Waals surface area contributed by atoms with Crippen LogP contribution in [0, 0.1) is 17.3 Å². The second kappa shape index (κ2) is 6.22. The van der Waals surface area contributed by atoms with E-state index >= 15 is 0 Å². The molecule has 2 rings (SSSR count). The van der Waals surface area contributed by atoms with Crippen LogP contribution in [-0.2, 0) is 0 Å². The molecule has 2 aliphatic rings. The van der Waals surface area contributed by atoms with E-state index in [1.807, 2.05) is 0 Å². The second-order valence-corrected chi connectivity index (χ2v) is 6.97. The molecule has 1 nitrogen and oxygen atoms in total. The number of hydrogen-bond acceptors (Lipinski definition) is 1. The van der Waals surface area contributed by atoms with Gasteiger partial charge in [0.25, 0.3) is 0 Å². The molecule has 1 heteroatoms. The van der Waals surface area contributed by atoms with Crippen molar-refractivity contribution in [2.75, 3.05) is 13.1 Å². The van der Waals surface area contributed by atoms with E-state index in [4.69, 9.17) is 0 Å². The highest BCUT2D eigenvalue weighted by Gasteiger charge is 2.52. The Kier molecular flexibility index (Phi) is 5.50. The zero-order valence-corrected chi connectivity index (χ0v) is 12.9. The van der Waals surface area contributed by atoms with Gasteiger partial charge in [-0.25, -0.2) is 0 Å². The second-order valence-electron chi connectivity index (χ2n) is 6.97. The normalized spacial score (nSPS) is 26.5. The molecule has 0 N–H and O–H groups in total. The van der Waals surface area contributed by atoms with E-state index in [9.17, 15) is 0 Å². The molecular weight excluding hydrogens is 206 g/mol. The third-order valence-electron chi connectivity index (χ3n) is 4.56. The van der Waals surface area contributed by atoms with Crippen LogP contribution in [0.3, 0.4) is 0 Å². The molecule has 102 valence electrons. The Balaban J connectivity index is 0.000000209. The fourth-order valence-electron chi connectivity index (χ4n) is 2.95. The largest absolute Gasteiger partial charge is 0.300 e. The van der Waals surface area contributed by atoms with Crippen molar-refractivity contribution in [2.24, 2.45) is 17.3 Å². The molecule has 1 saturated heterocycles. The molecule has 0 aromatic rings. The van der Waals surface area contributed by atoms with E-state index < -0.39 is 0 Å². The number of hydrogen-bond donors (Lipinski definition) is 0. The van der Waals surface area contributed by atoms with Gasteiger partial charge in [0.05, 0.1) is 0 Å². The summed E-state index contributed by atoms with van der Waals surface area (Å²) in [4.78, 5) is 2.64. The van der Waals surface area contributed by atoms with Gasteiger partial charge in [-0.2, -0.15) is 0 Å². The average Bonchev–Trinajstić information content (AvgIpc) is 2.90. The lowest BCUT2D eigenvalue weighted by molar-refractivity contribution is 0.260. The highest BCUT2D eigenvalue weighted by Crippen LogP contribution is 2.56. The minimum absolute atomic E-state index is 0.762. The Morgan fingerprint density at radius 2 is 1.76 bits per heavy atom. The van der Waals surface area contributed by atoms with E-state index in [-0.39, 0.29) is 0 Å². The van der Waals surface area contributed by atoms with Crippen molar-refractivity contribution in [3.05, 3.63) is 0 Å². The fraction of sp³-hybridized carbons (Fsp3) is 1.00. The molecule has 1 atom stereocenters. The summed E-state index contributed by atoms with van der Waals surface area (Å²) in [6, 6.07) is 0.762. The number of nitrogens with zero attached hydrogens (tertiary/aromatic N) is 1. The third kappa shape index (κ3) is 4.28. The van der Waals surface area contributed by atoms with E-state index in [1.165, 1.54) is 38.8 Å². The maximum absolute atomic E-state index is 2.64. The molecule has 1 aliphatic carbocycles. The Hall–Kier alpha value is -0.0400. The van der Waals surface area contributed by atoms with Crippen LogP contribution in [0.15, 0.2) is 0 Å². The predicted molar refractivity (Wildman–Crippen MR) is 77.3 cm³/mol. The summed E-state index contributed by atoms with van der Waals surface area (Å²) >= 11 is 0. The molecule has 0 bridgehead atoms. The SMILES string of the molecule is CC(C)N1CC(C)C2(CC2)C1.CCCC(C)C. The van der Waals surface area contributed by atoms with Crippen molar-refractivity contribution in [3.63, 3.8) is 0 Å². The van der Waals surface area contributed by atoms with Crippen LogP contribution in [0.1, 0.15) is 67.2 Å². The summed E-state index contributed by atoms with van der Waals surface area (Å²) in [7, 11) is 0. The summed E-state index contributed by atoms with van der Waals surface area (Å²) in [5, 5.41) is 0. The number of rotatable bonds is 3. The molecular formula is C16H33N. The van der Waals surface area contributed by atoms with E-state index in [2.05, 4.69) is 46.4 Å². The van der Waals surface area contributed by atoms with Crippen molar-refractivity contribution in [1.82, 2.24) is 4.90 Å². The molecule has 17 heavy (non-hydrogen) atoms. The van der Waals surface area contributed by atoms with E-state index in [1.54, 1.807) is 0 Å². The molecule has 1 spiro atoms. The zero-order chi connectivity index (χ0) is 13.1. The average molecular weight is 239 g/mol. The summed E-state index contributed by atoms with van der Waals surface area (Å²) in [5.74, 6) is 1.86. The van der Waals surface area contributed by atoms with Gasteiger partial charge in [-0.1, -0.05) is 40.5 Å². The van der Waals surface area contributed by atoms with Crippen molar-refractivity contribution < 1.29 is 0 Å². The predicted octanol–water partition coefficient (Wildman–Crippen LogP) is 4.57. The third-order valence-corrected chi connectivity index (χ3v) is 4.56. The van der Waals surface area contributed by atoms with E-state index in [0.717, 1.165) is 23.3 Å². The van der Waals surface area contributed by atoms with Crippen LogP contribution in [0.5, 0.6) is 0 Å². The summed E-state index contributed by atoms with van der Waals surface area (Å²) in [6.07, 6.45) is 5.70.